The second kappa shape index (κ2) is 16.0. The van der Waals surface area contributed by atoms with Crippen LogP contribution in [0.1, 0.15) is 59.4 Å². The fraction of sp³-hybridized carbons (Fsp3) is 0.438. The molecule has 1 aliphatic heterocycles. The fourth-order valence-electron chi connectivity index (χ4n) is 5.16. The number of likely N-dealkylation sites (tertiary alicyclic amines) is 1. The minimum Gasteiger partial charge on any atom is -0.465 e. The van der Waals surface area contributed by atoms with Crippen LogP contribution in [0.2, 0.25) is 0 Å². The van der Waals surface area contributed by atoms with Gasteiger partial charge in [-0.3, -0.25) is 34.2 Å². The third-order valence-electron chi connectivity index (χ3n) is 7.46. The lowest BCUT2D eigenvalue weighted by Crippen LogP contribution is -2.59. The number of Topliss-reactive ketones (excluding diaryl/α,β-unsaturated/α-hetero) is 1. The topological polar surface area (TPSA) is 151 Å². The highest BCUT2D eigenvalue weighted by Crippen LogP contribution is 2.30. The number of benzene rings is 2. The van der Waals surface area contributed by atoms with Crippen LogP contribution < -0.4 is 16.0 Å². The van der Waals surface area contributed by atoms with E-state index < -0.39 is 59.3 Å². The van der Waals surface area contributed by atoms with Crippen LogP contribution in [0.3, 0.4) is 0 Å². The Balaban J connectivity index is 1.54. The van der Waals surface area contributed by atoms with E-state index in [1.807, 2.05) is 0 Å². The van der Waals surface area contributed by atoms with Crippen LogP contribution in [0.4, 0.5) is 8.78 Å². The monoisotopic (exact) mass is 628 g/mol. The maximum absolute atomic E-state index is 15.1. The molecule has 13 heteroatoms. The van der Waals surface area contributed by atoms with Crippen LogP contribution in [0, 0.1) is 5.92 Å². The van der Waals surface area contributed by atoms with Gasteiger partial charge >= 0.3 is 11.9 Å². The summed E-state index contributed by atoms with van der Waals surface area (Å²) in [6.07, 6.45) is 0.699. The van der Waals surface area contributed by atoms with E-state index >= 15 is 8.78 Å². The number of alkyl halides is 2. The first-order chi connectivity index (χ1) is 21.4. The van der Waals surface area contributed by atoms with E-state index in [1.54, 1.807) is 44.2 Å². The number of carbonyl (C=O) groups excluding carboxylic acids is 6. The van der Waals surface area contributed by atoms with Gasteiger partial charge in [0.1, 0.15) is 0 Å². The Labute approximate surface area is 260 Å². The summed E-state index contributed by atoms with van der Waals surface area (Å²) in [5, 5.41) is 6.91. The van der Waals surface area contributed by atoms with Crippen LogP contribution in [-0.2, 0) is 30.3 Å². The Bertz CT molecular complexity index is 1380. The van der Waals surface area contributed by atoms with Gasteiger partial charge in [0.25, 0.3) is 11.8 Å². The molecule has 2 aromatic rings. The average Bonchev–Trinajstić information content (AvgIpc) is 3.50. The van der Waals surface area contributed by atoms with Crippen LogP contribution in [0.15, 0.2) is 54.6 Å². The Morgan fingerprint density at radius 1 is 0.933 bits per heavy atom. The van der Waals surface area contributed by atoms with Gasteiger partial charge in [-0.1, -0.05) is 44.2 Å². The third kappa shape index (κ3) is 9.24. The molecule has 1 heterocycles. The Hall–Kier alpha value is -4.52. The first kappa shape index (κ1) is 35.0. The molecule has 3 N–H and O–H groups in total. The minimum atomic E-state index is -4.33. The normalized spacial score (nSPS) is 15.6. The van der Waals surface area contributed by atoms with Crippen LogP contribution in [0.5, 0.6) is 0 Å². The number of carbonyl (C=O) groups is 6. The maximum atomic E-state index is 15.1. The van der Waals surface area contributed by atoms with Crippen molar-refractivity contribution in [2.24, 2.45) is 5.92 Å². The molecule has 1 fully saturated rings. The largest absolute Gasteiger partial charge is 0.465 e. The molecule has 0 saturated carbocycles. The van der Waals surface area contributed by atoms with E-state index in [2.05, 4.69) is 20.7 Å². The number of hydrogen-bond acceptors (Lipinski definition) is 8. The van der Waals surface area contributed by atoms with Crippen LogP contribution in [-0.4, -0.2) is 85.0 Å². The number of imide groups is 1. The SMILES string of the molecule is COC(=O)c1ccc(C(=O)NCCC(=O)NC(=O)[C@@H]2CCCN2C(C(=O)C(F)(F)C(=O)NCCc2ccccc2)C(C)C)cc1. The van der Waals surface area contributed by atoms with Crippen molar-refractivity contribution in [3.05, 3.63) is 71.3 Å². The van der Waals surface area contributed by atoms with Gasteiger partial charge in [-0.25, -0.2) is 4.79 Å². The fourth-order valence-corrected chi connectivity index (χ4v) is 5.16. The standard InChI is InChI=1S/C32H38F2N4O7/c1-20(2)26(27(40)32(33,34)31(44)36-17-15-21-8-5-4-6-9-21)38-19-7-10-24(38)29(42)37-25(39)16-18-35-28(41)22-11-13-23(14-12-22)30(43)45-3/h4-6,8-9,11-14,20,24,26H,7,10,15-19H2,1-3H3,(H,35,41)(H,36,44)(H,37,39,42)/t24-,26?/m0/s1. The second-order valence-corrected chi connectivity index (χ2v) is 11.0. The third-order valence-corrected chi connectivity index (χ3v) is 7.46. The number of rotatable bonds is 14. The van der Waals surface area contributed by atoms with Crippen LogP contribution in [0.25, 0.3) is 0 Å². The van der Waals surface area contributed by atoms with Crippen molar-refractivity contribution in [2.75, 3.05) is 26.7 Å². The van der Waals surface area contributed by atoms with Crippen molar-refractivity contribution >= 4 is 35.4 Å². The Kier molecular flexibility index (Phi) is 12.4. The quantitative estimate of drug-likeness (QED) is 0.213. The molecule has 0 spiro atoms. The molecule has 4 amide bonds. The average molecular weight is 629 g/mol. The summed E-state index contributed by atoms with van der Waals surface area (Å²) in [6.45, 7) is 3.06. The van der Waals surface area contributed by atoms with E-state index in [-0.39, 0.29) is 43.6 Å². The molecule has 45 heavy (non-hydrogen) atoms. The minimum absolute atomic E-state index is 0.0863. The number of nitrogens with zero attached hydrogens (tertiary/aromatic N) is 1. The van der Waals surface area contributed by atoms with Crippen molar-refractivity contribution in [1.82, 2.24) is 20.9 Å². The van der Waals surface area contributed by atoms with Crippen LogP contribution >= 0.6 is 0 Å². The number of nitrogens with one attached hydrogen (secondary N) is 3. The summed E-state index contributed by atoms with van der Waals surface area (Å²) in [6, 6.07) is 12.2. The highest BCUT2D eigenvalue weighted by Gasteiger charge is 2.53. The molecular weight excluding hydrogens is 590 g/mol. The van der Waals surface area contributed by atoms with Crippen molar-refractivity contribution in [3.63, 3.8) is 0 Å². The van der Waals surface area contributed by atoms with Gasteiger partial charge in [-0.2, -0.15) is 8.78 Å². The molecule has 1 aliphatic rings. The molecule has 1 saturated heterocycles. The van der Waals surface area contributed by atoms with Crippen molar-refractivity contribution in [2.45, 2.75) is 57.5 Å². The number of ether oxygens (including phenoxy) is 1. The highest BCUT2D eigenvalue weighted by atomic mass is 19.3. The molecule has 0 radical (unpaired) electrons. The van der Waals surface area contributed by atoms with Gasteiger partial charge in [0.2, 0.25) is 17.6 Å². The summed E-state index contributed by atoms with van der Waals surface area (Å²) in [5.41, 5.74) is 1.34. The molecular formula is C32H38F2N4O7. The van der Waals surface area contributed by atoms with Gasteiger partial charge in [0, 0.05) is 25.1 Å². The van der Waals surface area contributed by atoms with E-state index in [0.29, 0.717) is 12.8 Å². The van der Waals surface area contributed by atoms with Gasteiger partial charge in [-0.15, -0.1) is 0 Å². The van der Waals surface area contributed by atoms with E-state index in [4.69, 9.17) is 0 Å². The number of halogens is 2. The smallest absolute Gasteiger partial charge is 0.383 e. The number of ketones is 1. The zero-order valence-electron chi connectivity index (χ0n) is 25.4. The lowest BCUT2D eigenvalue weighted by atomic mass is 9.93. The van der Waals surface area contributed by atoms with E-state index in [9.17, 15) is 28.8 Å². The summed E-state index contributed by atoms with van der Waals surface area (Å²) in [7, 11) is 1.24. The van der Waals surface area contributed by atoms with Gasteiger partial charge < -0.3 is 15.4 Å². The summed E-state index contributed by atoms with van der Waals surface area (Å²) in [4.78, 5) is 76.3. The molecule has 2 aromatic carbocycles. The summed E-state index contributed by atoms with van der Waals surface area (Å²) >= 11 is 0. The van der Waals surface area contributed by atoms with Gasteiger partial charge in [-0.05, 0) is 61.6 Å². The lowest BCUT2D eigenvalue weighted by Gasteiger charge is -2.35. The van der Waals surface area contributed by atoms with E-state index in [0.717, 1.165) is 5.56 Å². The molecule has 0 aromatic heterocycles. The van der Waals surface area contributed by atoms with Crippen molar-refractivity contribution in [1.29, 1.82) is 0 Å². The lowest BCUT2D eigenvalue weighted by molar-refractivity contribution is -0.163. The van der Waals surface area contributed by atoms with Gasteiger partial charge in [0.05, 0.1) is 24.8 Å². The number of amides is 4. The molecule has 2 atom stereocenters. The van der Waals surface area contributed by atoms with Gasteiger partial charge in [0.15, 0.2) is 0 Å². The molecule has 242 valence electrons. The highest BCUT2D eigenvalue weighted by molar-refractivity contribution is 6.10. The number of hydrogen-bond donors (Lipinski definition) is 3. The summed E-state index contributed by atoms with van der Waals surface area (Å²) < 4.78 is 34.9. The Morgan fingerprint density at radius 2 is 1.58 bits per heavy atom. The first-order valence-corrected chi connectivity index (χ1v) is 14.7. The zero-order valence-corrected chi connectivity index (χ0v) is 25.4. The number of esters is 1. The van der Waals surface area contributed by atoms with Crippen molar-refractivity contribution in [3.8, 4) is 0 Å². The molecule has 0 bridgehead atoms. The zero-order chi connectivity index (χ0) is 33.1. The molecule has 1 unspecified atom stereocenters. The molecule has 0 aliphatic carbocycles. The molecule has 3 rings (SSSR count). The van der Waals surface area contributed by atoms with Crippen molar-refractivity contribution < 1.29 is 42.3 Å². The summed E-state index contributed by atoms with van der Waals surface area (Å²) in [5.74, 6) is -10.8. The maximum Gasteiger partial charge on any atom is 0.383 e. The predicted octanol–water partition coefficient (Wildman–Crippen LogP) is 2.29. The Morgan fingerprint density at radius 3 is 2.20 bits per heavy atom. The van der Waals surface area contributed by atoms with E-state index in [1.165, 1.54) is 36.3 Å². The number of methoxy groups -OCH3 is 1. The first-order valence-electron chi connectivity index (χ1n) is 14.7. The predicted molar refractivity (Wildman–Crippen MR) is 159 cm³/mol. The molecule has 11 nitrogen and oxygen atoms in total. The second-order valence-electron chi connectivity index (χ2n) is 11.0.